The Balaban J connectivity index is 1.65. The third kappa shape index (κ3) is 6.69. The van der Waals surface area contributed by atoms with E-state index in [0.29, 0.717) is 22.5 Å². The predicted octanol–water partition coefficient (Wildman–Crippen LogP) is 9.02. The average molecular weight is 712 g/mol. The first kappa shape index (κ1) is 31.4. The Kier molecular flexibility index (Phi) is 8.91. The molecule has 0 saturated heterocycles. The highest BCUT2D eigenvalue weighted by molar-refractivity contribution is 9.10. The highest BCUT2D eigenvalue weighted by atomic mass is 79.9. The SMILES string of the molecule is CC(C)(Br)C(=O)Nc1ccc(C2=C(c3ccccc3)C(c3ccccc3)=C(c3ccc(NC(=O)C(C)(C)Br)cc3)C2=O)cc1. The van der Waals surface area contributed by atoms with Crippen molar-refractivity contribution < 1.29 is 14.4 Å². The first-order valence-corrected chi connectivity index (χ1v) is 15.8. The number of rotatable bonds is 8. The van der Waals surface area contributed by atoms with Crippen LogP contribution in [0, 0.1) is 0 Å². The van der Waals surface area contributed by atoms with Gasteiger partial charge in [-0.1, -0.05) is 117 Å². The Morgan fingerprint density at radius 1 is 0.477 bits per heavy atom. The van der Waals surface area contributed by atoms with E-state index in [1.165, 1.54) is 0 Å². The molecule has 0 bridgehead atoms. The van der Waals surface area contributed by atoms with Crippen molar-refractivity contribution in [2.24, 2.45) is 0 Å². The Morgan fingerprint density at radius 3 is 1.07 bits per heavy atom. The zero-order chi connectivity index (χ0) is 31.6. The van der Waals surface area contributed by atoms with E-state index in [2.05, 4.69) is 42.5 Å². The van der Waals surface area contributed by atoms with Crippen LogP contribution in [0.4, 0.5) is 11.4 Å². The number of hydrogen-bond donors (Lipinski definition) is 2. The molecule has 0 saturated carbocycles. The van der Waals surface area contributed by atoms with Crippen molar-refractivity contribution in [1.82, 2.24) is 0 Å². The number of amides is 2. The van der Waals surface area contributed by atoms with E-state index in [1.807, 2.05) is 109 Å². The third-order valence-corrected chi connectivity index (χ3v) is 7.99. The molecule has 0 spiro atoms. The molecule has 1 aliphatic rings. The molecular weight excluding hydrogens is 680 g/mol. The average Bonchev–Trinajstić information content (AvgIpc) is 3.30. The number of carbonyl (C=O) groups excluding carboxylic acids is 3. The molecule has 7 heteroatoms. The van der Waals surface area contributed by atoms with Crippen LogP contribution in [-0.2, 0) is 14.4 Å². The van der Waals surface area contributed by atoms with Gasteiger partial charge in [-0.2, -0.15) is 0 Å². The Hall–Kier alpha value is -4.07. The standard InChI is InChI=1S/C37H32Br2N2O3/c1-36(2,38)34(43)40-27-19-15-25(16-20-27)31-29(23-11-7-5-8-12-23)30(24-13-9-6-10-14-24)32(33(31)42)26-17-21-28(22-18-26)41-35(44)37(3,4)39/h5-22H,1-4H3,(H,40,43)(H,41,44). The number of halogens is 2. The predicted molar refractivity (Wildman–Crippen MR) is 188 cm³/mol. The van der Waals surface area contributed by atoms with Crippen LogP contribution < -0.4 is 10.6 Å². The lowest BCUT2D eigenvalue weighted by Gasteiger charge is -2.16. The first-order valence-electron chi connectivity index (χ1n) is 14.2. The van der Waals surface area contributed by atoms with Gasteiger partial charge in [0.05, 0.1) is 8.65 Å². The number of carbonyl (C=O) groups is 3. The van der Waals surface area contributed by atoms with Gasteiger partial charge in [-0.05, 0) is 74.2 Å². The lowest BCUT2D eigenvalue weighted by Crippen LogP contribution is -2.30. The summed E-state index contributed by atoms with van der Waals surface area (Å²) in [6.07, 6.45) is 0. The van der Waals surface area contributed by atoms with Crippen LogP contribution in [0.2, 0.25) is 0 Å². The highest BCUT2D eigenvalue weighted by Gasteiger charge is 2.35. The van der Waals surface area contributed by atoms with Gasteiger partial charge < -0.3 is 10.6 Å². The summed E-state index contributed by atoms with van der Waals surface area (Å²) in [5, 5.41) is 5.84. The smallest absolute Gasteiger partial charge is 0.240 e. The van der Waals surface area contributed by atoms with E-state index in [0.717, 1.165) is 33.4 Å². The number of Topliss-reactive ketones (excluding diaryl/α,β-unsaturated/α-hetero) is 1. The third-order valence-electron chi connectivity index (χ3n) is 7.27. The number of alkyl halides is 2. The number of hydrogen-bond acceptors (Lipinski definition) is 3. The maximum absolute atomic E-state index is 14.6. The summed E-state index contributed by atoms with van der Waals surface area (Å²) in [6.45, 7) is 7.14. The molecule has 222 valence electrons. The van der Waals surface area contributed by atoms with Gasteiger partial charge in [0, 0.05) is 33.7 Å². The lowest BCUT2D eigenvalue weighted by atomic mass is 9.89. The largest absolute Gasteiger partial charge is 0.325 e. The van der Waals surface area contributed by atoms with Crippen LogP contribution in [0.15, 0.2) is 109 Å². The number of nitrogens with one attached hydrogen (secondary N) is 2. The van der Waals surface area contributed by atoms with Gasteiger partial charge in [0.25, 0.3) is 0 Å². The summed E-state index contributed by atoms with van der Waals surface area (Å²) in [4.78, 5) is 39.7. The second kappa shape index (κ2) is 12.5. The van der Waals surface area contributed by atoms with E-state index in [-0.39, 0.29) is 17.6 Å². The number of anilines is 2. The Morgan fingerprint density at radius 2 is 0.773 bits per heavy atom. The second-order valence-electron chi connectivity index (χ2n) is 11.6. The second-order valence-corrected chi connectivity index (χ2v) is 15.5. The van der Waals surface area contributed by atoms with E-state index < -0.39 is 8.65 Å². The quantitative estimate of drug-likeness (QED) is 0.179. The van der Waals surface area contributed by atoms with E-state index in [9.17, 15) is 14.4 Å². The normalized spacial score (nSPS) is 13.7. The molecule has 2 amide bonds. The monoisotopic (exact) mass is 710 g/mol. The van der Waals surface area contributed by atoms with Crippen LogP contribution in [0.5, 0.6) is 0 Å². The van der Waals surface area contributed by atoms with E-state index in [1.54, 1.807) is 27.7 Å². The topological polar surface area (TPSA) is 75.3 Å². The molecule has 0 atom stereocenters. The minimum atomic E-state index is -0.720. The fourth-order valence-corrected chi connectivity index (χ4v) is 5.14. The van der Waals surface area contributed by atoms with Crippen LogP contribution in [-0.4, -0.2) is 26.2 Å². The Labute approximate surface area is 274 Å². The molecule has 0 aliphatic heterocycles. The first-order chi connectivity index (χ1) is 20.8. The number of ketones is 1. The number of allylic oxidation sites excluding steroid dienone is 4. The number of benzene rings is 4. The lowest BCUT2D eigenvalue weighted by molar-refractivity contribution is -0.118. The van der Waals surface area contributed by atoms with Crippen LogP contribution in [0.1, 0.15) is 49.9 Å². The van der Waals surface area contributed by atoms with Gasteiger partial charge >= 0.3 is 0 Å². The van der Waals surface area contributed by atoms with Gasteiger partial charge in [0.2, 0.25) is 11.8 Å². The van der Waals surface area contributed by atoms with Crippen molar-refractivity contribution in [1.29, 1.82) is 0 Å². The maximum Gasteiger partial charge on any atom is 0.240 e. The zero-order valence-corrected chi connectivity index (χ0v) is 28.0. The summed E-state index contributed by atoms with van der Waals surface area (Å²) in [7, 11) is 0. The van der Waals surface area contributed by atoms with Crippen LogP contribution >= 0.6 is 31.9 Å². The highest BCUT2D eigenvalue weighted by Crippen LogP contribution is 2.49. The summed E-state index contributed by atoms with van der Waals surface area (Å²) in [6, 6.07) is 34.6. The van der Waals surface area contributed by atoms with Crippen molar-refractivity contribution in [3.8, 4) is 0 Å². The summed E-state index contributed by atoms with van der Waals surface area (Å²) in [5.41, 5.74) is 7.47. The fourth-order valence-electron chi connectivity index (χ4n) is 4.94. The molecule has 0 unspecified atom stereocenters. The van der Waals surface area contributed by atoms with Gasteiger partial charge in [0.15, 0.2) is 5.78 Å². The zero-order valence-electron chi connectivity index (χ0n) is 24.9. The molecule has 4 aromatic rings. The minimum Gasteiger partial charge on any atom is -0.325 e. The van der Waals surface area contributed by atoms with E-state index in [4.69, 9.17) is 0 Å². The van der Waals surface area contributed by atoms with Crippen molar-refractivity contribution in [2.75, 3.05) is 10.6 Å². The molecule has 5 rings (SSSR count). The molecule has 4 aromatic carbocycles. The summed E-state index contributed by atoms with van der Waals surface area (Å²) < 4.78 is -1.44. The van der Waals surface area contributed by atoms with Crippen LogP contribution in [0.25, 0.3) is 22.3 Å². The van der Waals surface area contributed by atoms with Gasteiger partial charge in [-0.15, -0.1) is 0 Å². The van der Waals surface area contributed by atoms with Gasteiger partial charge in [-0.3, -0.25) is 14.4 Å². The molecule has 0 radical (unpaired) electrons. The molecule has 0 fully saturated rings. The van der Waals surface area contributed by atoms with E-state index >= 15 is 0 Å². The molecule has 1 aliphatic carbocycles. The molecule has 0 aromatic heterocycles. The van der Waals surface area contributed by atoms with Crippen molar-refractivity contribution in [3.05, 3.63) is 131 Å². The van der Waals surface area contributed by atoms with Crippen LogP contribution in [0.3, 0.4) is 0 Å². The molecule has 2 N–H and O–H groups in total. The Bertz CT molecular complexity index is 1650. The van der Waals surface area contributed by atoms with Crippen molar-refractivity contribution in [3.63, 3.8) is 0 Å². The molecule has 5 nitrogen and oxygen atoms in total. The fraction of sp³-hybridized carbons (Fsp3) is 0.162. The minimum absolute atomic E-state index is 0.0977. The van der Waals surface area contributed by atoms with Gasteiger partial charge in [0.1, 0.15) is 0 Å². The molecule has 44 heavy (non-hydrogen) atoms. The van der Waals surface area contributed by atoms with Crippen molar-refractivity contribution in [2.45, 2.75) is 36.3 Å². The molecular formula is C37H32Br2N2O3. The van der Waals surface area contributed by atoms with Gasteiger partial charge in [-0.25, -0.2) is 0 Å². The molecule has 0 heterocycles. The summed E-state index contributed by atoms with van der Waals surface area (Å²) >= 11 is 6.80. The summed E-state index contributed by atoms with van der Waals surface area (Å²) in [5.74, 6) is -0.429. The maximum atomic E-state index is 14.6. The van der Waals surface area contributed by atoms with Crippen molar-refractivity contribution >= 4 is 83.1 Å².